The molecule has 1 amide bonds. The Morgan fingerprint density at radius 2 is 2.47 bits per heavy atom. The zero-order chi connectivity index (χ0) is 12.3. The molecule has 0 radical (unpaired) electrons. The summed E-state index contributed by atoms with van der Waals surface area (Å²) in [6.07, 6.45) is 3.02. The zero-order valence-corrected chi connectivity index (χ0v) is 11.5. The van der Waals surface area contributed by atoms with Crippen molar-refractivity contribution in [3.05, 3.63) is 16.1 Å². The second-order valence-electron chi connectivity index (χ2n) is 4.66. The number of hydrogen-bond donors (Lipinski definition) is 1. The minimum absolute atomic E-state index is 0.0629. The van der Waals surface area contributed by atoms with Crippen molar-refractivity contribution in [1.82, 2.24) is 10.3 Å². The summed E-state index contributed by atoms with van der Waals surface area (Å²) in [7, 11) is 0. The van der Waals surface area contributed by atoms with Gasteiger partial charge in [-0.25, -0.2) is 4.98 Å². The molecule has 0 aromatic carbocycles. The van der Waals surface area contributed by atoms with E-state index in [1.807, 2.05) is 5.38 Å². The molecule has 0 saturated heterocycles. The Kier molecular flexibility index (Phi) is 4.40. The van der Waals surface area contributed by atoms with E-state index in [4.69, 9.17) is 11.6 Å². The van der Waals surface area contributed by atoms with Crippen LogP contribution in [-0.2, 0) is 17.1 Å². The van der Waals surface area contributed by atoms with Crippen LogP contribution in [0.3, 0.4) is 0 Å². The summed E-state index contributed by atoms with van der Waals surface area (Å²) < 4.78 is 0. The number of rotatable bonds is 6. The highest BCUT2D eigenvalue weighted by molar-refractivity contribution is 7.09. The van der Waals surface area contributed by atoms with E-state index in [-0.39, 0.29) is 5.91 Å². The lowest BCUT2D eigenvalue weighted by Crippen LogP contribution is -2.30. The van der Waals surface area contributed by atoms with E-state index in [1.54, 1.807) is 0 Å². The number of thiazole rings is 1. The van der Waals surface area contributed by atoms with Crippen LogP contribution >= 0.6 is 22.9 Å². The maximum absolute atomic E-state index is 11.7. The van der Waals surface area contributed by atoms with Crippen molar-refractivity contribution in [3.63, 3.8) is 0 Å². The molecule has 5 heteroatoms. The van der Waals surface area contributed by atoms with Gasteiger partial charge in [-0.15, -0.1) is 22.9 Å². The molecular weight excluding hydrogens is 256 g/mol. The fraction of sp³-hybridized carbons (Fsp3) is 0.667. The highest BCUT2D eigenvalue weighted by Crippen LogP contribution is 2.36. The molecule has 1 fully saturated rings. The lowest BCUT2D eigenvalue weighted by atomic mass is 10.1. The summed E-state index contributed by atoms with van der Waals surface area (Å²) in [4.78, 5) is 15.9. The highest BCUT2D eigenvalue weighted by atomic mass is 35.5. The molecule has 1 N–H and O–H groups in total. The standard InChI is InChI=1S/C12H17ClN2OS/c1-8(9-2-3-9)6-14-11(16)4-12-15-10(5-13)7-17-12/h7-9H,2-6H2,1H3,(H,14,16). The van der Waals surface area contributed by atoms with Crippen molar-refractivity contribution >= 4 is 28.8 Å². The number of carbonyl (C=O) groups is 1. The normalized spacial score (nSPS) is 16.8. The van der Waals surface area contributed by atoms with Crippen LogP contribution in [0.5, 0.6) is 0 Å². The largest absolute Gasteiger partial charge is 0.355 e. The van der Waals surface area contributed by atoms with Gasteiger partial charge >= 0.3 is 0 Å². The van der Waals surface area contributed by atoms with Crippen molar-refractivity contribution in [3.8, 4) is 0 Å². The Bertz CT molecular complexity index is 390. The van der Waals surface area contributed by atoms with Gasteiger partial charge in [0.2, 0.25) is 5.91 Å². The van der Waals surface area contributed by atoms with E-state index in [9.17, 15) is 4.79 Å². The van der Waals surface area contributed by atoms with Crippen molar-refractivity contribution in [2.75, 3.05) is 6.54 Å². The fourth-order valence-corrected chi connectivity index (χ4v) is 2.82. The van der Waals surface area contributed by atoms with Gasteiger partial charge in [0.1, 0.15) is 5.01 Å². The summed E-state index contributed by atoms with van der Waals surface area (Å²) >= 11 is 7.16. The number of alkyl halides is 1. The van der Waals surface area contributed by atoms with Crippen LogP contribution < -0.4 is 5.32 Å². The quantitative estimate of drug-likeness (QED) is 0.809. The van der Waals surface area contributed by atoms with Gasteiger partial charge in [0.15, 0.2) is 0 Å². The summed E-state index contributed by atoms with van der Waals surface area (Å²) in [6, 6.07) is 0. The average Bonchev–Trinajstić information content (AvgIpc) is 3.07. The van der Waals surface area contributed by atoms with E-state index in [2.05, 4.69) is 17.2 Å². The van der Waals surface area contributed by atoms with Crippen LogP contribution in [-0.4, -0.2) is 17.4 Å². The zero-order valence-electron chi connectivity index (χ0n) is 9.91. The third kappa shape index (κ3) is 3.96. The molecule has 1 aliphatic carbocycles. The predicted octanol–water partition coefficient (Wildman–Crippen LogP) is 2.59. The van der Waals surface area contributed by atoms with Crippen molar-refractivity contribution in [1.29, 1.82) is 0 Å². The van der Waals surface area contributed by atoms with E-state index in [0.717, 1.165) is 23.2 Å². The van der Waals surface area contributed by atoms with Gasteiger partial charge in [0, 0.05) is 11.9 Å². The molecule has 1 aromatic heterocycles. The number of aromatic nitrogens is 1. The van der Waals surface area contributed by atoms with Gasteiger partial charge < -0.3 is 5.32 Å². The first-order valence-electron chi connectivity index (χ1n) is 5.95. The second kappa shape index (κ2) is 5.83. The van der Waals surface area contributed by atoms with Gasteiger partial charge in [0.25, 0.3) is 0 Å². The number of halogens is 1. The minimum Gasteiger partial charge on any atom is -0.355 e. The van der Waals surface area contributed by atoms with Crippen molar-refractivity contribution < 1.29 is 4.79 Å². The molecule has 3 nitrogen and oxygen atoms in total. The molecule has 1 unspecified atom stereocenters. The van der Waals surface area contributed by atoms with Crippen molar-refractivity contribution in [2.24, 2.45) is 11.8 Å². The lowest BCUT2D eigenvalue weighted by Gasteiger charge is -2.10. The fourth-order valence-electron chi connectivity index (χ4n) is 1.80. The first kappa shape index (κ1) is 12.8. The summed E-state index contributed by atoms with van der Waals surface area (Å²) in [6.45, 7) is 2.99. The smallest absolute Gasteiger partial charge is 0.226 e. The molecule has 1 aromatic rings. The van der Waals surface area contributed by atoms with Crippen LogP contribution in [0, 0.1) is 11.8 Å². The number of amides is 1. The molecule has 1 atom stereocenters. The molecule has 17 heavy (non-hydrogen) atoms. The van der Waals surface area contributed by atoms with Gasteiger partial charge in [-0.05, 0) is 24.7 Å². The summed E-state index contributed by atoms with van der Waals surface area (Å²) in [5.41, 5.74) is 0.853. The van der Waals surface area contributed by atoms with Crippen molar-refractivity contribution in [2.45, 2.75) is 32.1 Å². The Labute approximate surface area is 111 Å². The molecule has 0 spiro atoms. The van der Waals surface area contributed by atoms with E-state index < -0.39 is 0 Å². The first-order valence-corrected chi connectivity index (χ1v) is 7.36. The Morgan fingerprint density at radius 1 is 1.71 bits per heavy atom. The van der Waals surface area contributed by atoms with Crippen LogP contribution in [0.2, 0.25) is 0 Å². The topological polar surface area (TPSA) is 42.0 Å². The molecule has 1 aliphatic rings. The molecule has 94 valence electrons. The number of carbonyl (C=O) groups excluding carboxylic acids is 1. The van der Waals surface area contributed by atoms with Crippen LogP contribution in [0.15, 0.2) is 5.38 Å². The highest BCUT2D eigenvalue weighted by Gasteiger charge is 2.27. The number of nitrogens with one attached hydrogen (secondary N) is 1. The summed E-state index contributed by atoms with van der Waals surface area (Å²) in [5.74, 6) is 1.91. The molecule has 1 heterocycles. The van der Waals surface area contributed by atoms with E-state index >= 15 is 0 Å². The first-order chi connectivity index (χ1) is 8.19. The average molecular weight is 273 g/mol. The minimum atomic E-state index is 0.0629. The third-order valence-corrected chi connectivity index (χ3v) is 4.27. The Balaban J connectivity index is 1.72. The van der Waals surface area contributed by atoms with Gasteiger partial charge in [-0.1, -0.05) is 6.92 Å². The number of nitrogens with zero attached hydrogens (tertiary/aromatic N) is 1. The molecule has 2 rings (SSSR count). The lowest BCUT2D eigenvalue weighted by molar-refractivity contribution is -0.120. The van der Waals surface area contributed by atoms with Crippen LogP contribution in [0.25, 0.3) is 0 Å². The van der Waals surface area contributed by atoms with Gasteiger partial charge in [-0.2, -0.15) is 0 Å². The second-order valence-corrected chi connectivity index (χ2v) is 5.87. The molecule has 0 bridgehead atoms. The SMILES string of the molecule is CC(CNC(=O)Cc1nc(CCl)cs1)C1CC1. The summed E-state index contributed by atoms with van der Waals surface area (Å²) in [5, 5.41) is 5.72. The third-order valence-electron chi connectivity index (χ3n) is 3.10. The van der Waals surface area contributed by atoms with Gasteiger partial charge in [-0.3, -0.25) is 4.79 Å². The predicted molar refractivity (Wildman–Crippen MR) is 70.3 cm³/mol. The Morgan fingerprint density at radius 3 is 3.06 bits per heavy atom. The van der Waals surface area contributed by atoms with Gasteiger partial charge in [0.05, 0.1) is 18.0 Å². The van der Waals surface area contributed by atoms with Crippen LogP contribution in [0.1, 0.15) is 30.5 Å². The molecule has 0 aliphatic heterocycles. The van der Waals surface area contributed by atoms with E-state index in [0.29, 0.717) is 18.2 Å². The Hall–Kier alpha value is -0.610. The maximum Gasteiger partial charge on any atom is 0.226 e. The maximum atomic E-state index is 11.7. The van der Waals surface area contributed by atoms with E-state index in [1.165, 1.54) is 24.2 Å². The van der Waals surface area contributed by atoms with Crippen LogP contribution in [0.4, 0.5) is 0 Å². The monoisotopic (exact) mass is 272 g/mol. The number of hydrogen-bond acceptors (Lipinski definition) is 3. The molecule has 1 saturated carbocycles. The molecular formula is C12H17ClN2OS.